The largest absolute Gasteiger partial charge is 0.144 e. The third-order valence-corrected chi connectivity index (χ3v) is 2.26. The molecule has 0 spiro atoms. The first-order valence-electron chi connectivity index (χ1n) is 3.89. The molecule has 0 aliphatic rings. The van der Waals surface area contributed by atoms with Crippen LogP contribution in [-0.4, -0.2) is 0 Å². The molecule has 0 radical (unpaired) electrons. The van der Waals surface area contributed by atoms with Crippen LogP contribution in [0.15, 0.2) is 35.7 Å². The van der Waals surface area contributed by atoms with Crippen molar-refractivity contribution >= 4 is 45.4 Å². The van der Waals surface area contributed by atoms with Crippen LogP contribution in [0.1, 0.15) is 13.8 Å². The molecule has 1 aromatic carbocycles. The predicted molar refractivity (Wildman–Crippen MR) is 68.6 cm³/mol. The van der Waals surface area contributed by atoms with E-state index < -0.39 is 0 Å². The number of halogens is 1. The normalized spacial score (nSPS) is 8.17. The van der Waals surface area contributed by atoms with Gasteiger partial charge in [0.2, 0.25) is 0 Å². The van der Waals surface area contributed by atoms with Crippen LogP contribution in [0.2, 0.25) is 0 Å². The van der Waals surface area contributed by atoms with Crippen molar-refractivity contribution in [3.8, 4) is 0 Å². The molecular weight excluding hydrogens is 279 g/mol. The lowest BCUT2D eigenvalue weighted by Gasteiger charge is -1.82. The van der Waals surface area contributed by atoms with Gasteiger partial charge in [0, 0.05) is 4.70 Å². The molecule has 1 aromatic heterocycles. The highest BCUT2D eigenvalue weighted by molar-refractivity contribution is 14.0. The minimum atomic E-state index is 0. The van der Waals surface area contributed by atoms with Crippen LogP contribution in [0, 0.1) is 0 Å². The first-order valence-corrected chi connectivity index (χ1v) is 4.77. The van der Waals surface area contributed by atoms with E-state index >= 15 is 0 Å². The van der Waals surface area contributed by atoms with Crippen LogP contribution in [0.5, 0.6) is 0 Å². The van der Waals surface area contributed by atoms with Crippen molar-refractivity contribution < 1.29 is 0 Å². The van der Waals surface area contributed by atoms with Gasteiger partial charge in [-0.05, 0) is 22.9 Å². The van der Waals surface area contributed by atoms with E-state index in [1.54, 1.807) is 11.3 Å². The Hall–Kier alpha value is -0.0900. The van der Waals surface area contributed by atoms with Gasteiger partial charge in [0.1, 0.15) is 0 Å². The monoisotopic (exact) mass is 292 g/mol. The average molecular weight is 292 g/mol. The Morgan fingerprint density at radius 2 is 1.67 bits per heavy atom. The van der Waals surface area contributed by atoms with Gasteiger partial charge in [0.05, 0.1) is 0 Å². The molecule has 0 unspecified atom stereocenters. The van der Waals surface area contributed by atoms with Gasteiger partial charge in [-0.15, -0.1) is 35.3 Å². The minimum absolute atomic E-state index is 0. The first kappa shape index (κ1) is 11.9. The van der Waals surface area contributed by atoms with Crippen molar-refractivity contribution in [2.45, 2.75) is 13.8 Å². The van der Waals surface area contributed by atoms with Crippen molar-refractivity contribution in [2.24, 2.45) is 0 Å². The summed E-state index contributed by atoms with van der Waals surface area (Å²) in [6.07, 6.45) is 0. The maximum Gasteiger partial charge on any atom is 0.0342 e. The van der Waals surface area contributed by atoms with Crippen LogP contribution in [0.25, 0.3) is 10.1 Å². The number of thiophene rings is 1. The van der Waals surface area contributed by atoms with Gasteiger partial charge in [0.15, 0.2) is 0 Å². The lowest BCUT2D eigenvalue weighted by atomic mass is 10.3. The topological polar surface area (TPSA) is 0 Å². The summed E-state index contributed by atoms with van der Waals surface area (Å²) in [5.41, 5.74) is 0. The highest BCUT2D eigenvalue weighted by atomic mass is 127. The molecule has 2 aromatic rings. The summed E-state index contributed by atoms with van der Waals surface area (Å²) >= 11 is 1.79. The van der Waals surface area contributed by atoms with E-state index in [9.17, 15) is 0 Å². The van der Waals surface area contributed by atoms with E-state index in [4.69, 9.17) is 0 Å². The molecular formula is C10H13IS. The van der Waals surface area contributed by atoms with Gasteiger partial charge >= 0.3 is 0 Å². The van der Waals surface area contributed by atoms with Crippen LogP contribution in [-0.2, 0) is 0 Å². The smallest absolute Gasteiger partial charge is 0.0342 e. The van der Waals surface area contributed by atoms with E-state index in [0.29, 0.717) is 0 Å². The summed E-state index contributed by atoms with van der Waals surface area (Å²) in [6, 6.07) is 10.5. The molecule has 0 aliphatic heterocycles. The zero-order chi connectivity index (χ0) is 8.10. The lowest BCUT2D eigenvalue weighted by molar-refractivity contribution is 1.50. The lowest BCUT2D eigenvalue weighted by Crippen LogP contribution is -1.56. The Balaban J connectivity index is 0.000000378. The summed E-state index contributed by atoms with van der Waals surface area (Å²) in [4.78, 5) is 0. The summed E-state index contributed by atoms with van der Waals surface area (Å²) in [7, 11) is 0. The van der Waals surface area contributed by atoms with Crippen LogP contribution >= 0.6 is 35.3 Å². The summed E-state index contributed by atoms with van der Waals surface area (Å²) in [6.45, 7) is 4.00. The molecule has 0 N–H and O–H groups in total. The Bertz CT molecular complexity index is 284. The quantitative estimate of drug-likeness (QED) is 0.625. The second-order valence-electron chi connectivity index (χ2n) is 1.96. The predicted octanol–water partition coefficient (Wildman–Crippen LogP) is 4.55. The maximum absolute atomic E-state index is 2.14. The van der Waals surface area contributed by atoms with Crippen LogP contribution in [0.4, 0.5) is 0 Å². The Labute approximate surface area is 94.6 Å². The average Bonchev–Trinajstić information content (AvgIpc) is 2.55. The fraction of sp³-hybridized carbons (Fsp3) is 0.200. The zero-order valence-electron chi connectivity index (χ0n) is 7.28. The highest BCUT2D eigenvalue weighted by Crippen LogP contribution is 2.18. The van der Waals surface area contributed by atoms with Gasteiger partial charge in [-0.25, -0.2) is 0 Å². The molecule has 1 heterocycles. The molecule has 0 bridgehead atoms. The number of hydrogen-bond acceptors (Lipinski definition) is 1. The Morgan fingerprint density at radius 1 is 1.00 bits per heavy atom. The molecule has 0 saturated heterocycles. The van der Waals surface area contributed by atoms with Gasteiger partial charge < -0.3 is 0 Å². The molecule has 0 amide bonds. The SMILES string of the molecule is CC.I.c1ccc2sccc2c1. The number of rotatable bonds is 0. The maximum atomic E-state index is 2.14. The summed E-state index contributed by atoms with van der Waals surface area (Å²) < 4.78 is 1.37. The molecule has 0 saturated carbocycles. The second kappa shape index (κ2) is 6.43. The van der Waals surface area contributed by atoms with Crippen molar-refractivity contribution in [1.82, 2.24) is 0 Å². The van der Waals surface area contributed by atoms with Crippen molar-refractivity contribution in [2.75, 3.05) is 0 Å². The van der Waals surface area contributed by atoms with E-state index in [2.05, 4.69) is 35.7 Å². The fourth-order valence-electron chi connectivity index (χ4n) is 0.906. The fourth-order valence-corrected chi connectivity index (χ4v) is 1.70. The molecule has 66 valence electrons. The van der Waals surface area contributed by atoms with Gasteiger partial charge in [0.25, 0.3) is 0 Å². The van der Waals surface area contributed by atoms with E-state index in [1.807, 2.05) is 13.8 Å². The van der Waals surface area contributed by atoms with Crippen LogP contribution in [0.3, 0.4) is 0 Å². The summed E-state index contributed by atoms with van der Waals surface area (Å²) in [5.74, 6) is 0. The molecule has 0 aliphatic carbocycles. The van der Waals surface area contributed by atoms with E-state index in [0.717, 1.165) is 0 Å². The first-order chi connectivity index (χ1) is 5.47. The van der Waals surface area contributed by atoms with Crippen molar-refractivity contribution in [3.05, 3.63) is 35.7 Å². The van der Waals surface area contributed by atoms with E-state index in [1.165, 1.54) is 10.1 Å². The third-order valence-electron chi connectivity index (χ3n) is 1.36. The standard InChI is InChI=1S/C8H6S.C2H6.HI/c1-2-4-8-7(3-1)5-6-9-8;1-2;/h1-6H;1-2H3;1H. The number of hydrogen-bond donors (Lipinski definition) is 0. The highest BCUT2D eigenvalue weighted by Gasteiger charge is 1.87. The Kier molecular flexibility index (Phi) is 6.38. The van der Waals surface area contributed by atoms with Crippen molar-refractivity contribution in [1.29, 1.82) is 0 Å². The third kappa shape index (κ3) is 2.75. The van der Waals surface area contributed by atoms with Gasteiger partial charge in [-0.3, -0.25) is 0 Å². The number of benzene rings is 1. The molecule has 0 fully saturated rings. The van der Waals surface area contributed by atoms with Crippen molar-refractivity contribution in [3.63, 3.8) is 0 Å². The molecule has 2 rings (SSSR count). The molecule has 0 atom stereocenters. The molecule has 12 heavy (non-hydrogen) atoms. The van der Waals surface area contributed by atoms with Gasteiger partial charge in [-0.2, -0.15) is 0 Å². The van der Waals surface area contributed by atoms with Crippen LogP contribution < -0.4 is 0 Å². The van der Waals surface area contributed by atoms with E-state index in [-0.39, 0.29) is 24.0 Å². The molecule has 0 nitrogen and oxygen atoms in total. The molecule has 2 heteroatoms. The minimum Gasteiger partial charge on any atom is -0.144 e. The number of fused-ring (bicyclic) bond motifs is 1. The second-order valence-corrected chi connectivity index (χ2v) is 2.91. The summed E-state index contributed by atoms with van der Waals surface area (Å²) in [5, 5.41) is 3.47. The van der Waals surface area contributed by atoms with Gasteiger partial charge in [-0.1, -0.05) is 32.0 Å². The Morgan fingerprint density at radius 3 is 2.33 bits per heavy atom. The zero-order valence-corrected chi connectivity index (χ0v) is 10.4.